The summed E-state index contributed by atoms with van der Waals surface area (Å²) in [6.45, 7) is 9.34. The maximum Gasteiger partial charge on any atom is -0.0203 e. The molecular weight excluding hydrogens is 144 g/mol. The fourth-order valence-corrected chi connectivity index (χ4v) is 2.30. The van der Waals surface area contributed by atoms with Crippen LogP contribution in [0.1, 0.15) is 47.0 Å². The van der Waals surface area contributed by atoms with Crippen molar-refractivity contribution in [1.29, 1.82) is 0 Å². The molecule has 0 radical (unpaired) electrons. The molecule has 1 aliphatic rings. The number of hydrogen-bond acceptors (Lipinski definition) is 0. The van der Waals surface area contributed by atoms with Crippen molar-refractivity contribution in [2.45, 2.75) is 47.0 Å². The van der Waals surface area contributed by atoms with Gasteiger partial charge in [0, 0.05) is 0 Å². The summed E-state index contributed by atoms with van der Waals surface area (Å²) in [6.07, 6.45) is 6.56. The summed E-state index contributed by atoms with van der Waals surface area (Å²) in [4.78, 5) is 0. The molecule has 12 heavy (non-hydrogen) atoms. The maximum atomic E-state index is 2.51. The topological polar surface area (TPSA) is 0 Å². The van der Waals surface area contributed by atoms with Gasteiger partial charge in [-0.1, -0.05) is 38.8 Å². The van der Waals surface area contributed by atoms with Gasteiger partial charge in [-0.3, -0.25) is 0 Å². The molecule has 3 atom stereocenters. The molecular formula is C12H22. The lowest BCUT2D eigenvalue weighted by Crippen LogP contribution is -2.17. The standard InChI is InChI=1S/C12H22/c1-5-11(4)12-7-9(2)6-10(3)8-12/h7,10-12H,5-6,8H2,1-4H3. The molecule has 0 heterocycles. The molecule has 0 heteroatoms. The third kappa shape index (κ3) is 2.36. The van der Waals surface area contributed by atoms with E-state index in [9.17, 15) is 0 Å². The van der Waals surface area contributed by atoms with E-state index in [0.717, 1.165) is 17.8 Å². The lowest BCUT2D eigenvalue weighted by atomic mass is 9.77. The lowest BCUT2D eigenvalue weighted by molar-refractivity contribution is 0.319. The first kappa shape index (κ1) is 9.83. The molecule has 3 unspecified atom stereocenters. The highest BCUT2D eigenvalue weighted by atomic mass is 14.3. The molecule has 1 aliphatic carbocycles. The van der Waals surface area contributed by atoms with Crippen LogP contribution in [-0.4, -0.2) is 0 Å². The van der Waals surface area contributed by atoms with Gasteiger partial charge in [-0.25, -0.2) is 0 Å². The van der Waals surface area contributed by atoms with E-state index in [4.69, 9.17) is 0 Å². The second-order valence-corrected chi connectivity index (χ2v) is 4.61. The SMILES string of the molecule is CCC(C)C1C=C(C)CC(C)C1. The van der Waals surface area contributed by atoms with E-state index in [0.29, 0.717) is 0 Å². The van der Waals surface area contributed by atoms with Crippen LogP contribution in [0.2, 0.25) is 0 Å². The molecule has 0 aromatic rings. The average molecular weight is 166 g/mol. The van der Waals surface area contributed by atoms with Crippen molar-refractivity contribution in [3.05, 3.63) is 11.6 Å². The van der Waals surface area contributed by atoms with Gasteiger partial charge in [-0.05, 0) is 37.5 Å². The Labute approximate surface area is 77.1 Å². The summed E-state index contributed by atoms with van der Waals surface area (Å²) in [7, 11) is 0. The highest BCUT2D eigenvalue weighted by Gasteiger charge is 2.20. The number of rotatable bonds is 2. The van der Waals surface area contributed by atoms with Crippen molar-refractivity contribution in [1.82, 2.24) is 0 Å². The molecule has 0 amide bonds. The second-order valence-electron chi connectivity index (χ2n) is 4.61. The molecule has 0 aromatic carbocycles. The Morgan fingerprint density at radius 2 is 2.25 bits per heavy atom. The van der Waals surface area contributed by atoms with Crippen molar-refractivity contribution < 1.29 is 0 Å². The third-order valence-corrected chi connectivity index (χ3v) is 3.22. The fraction of sp³-hybridized carbons (Fsp3) is 0.833. The highest BCUT2D eigenvalue weighted by molar-refractivity contribution is 5.07. The smallest absolute Gasteiger partial charge is 0.0203 e. The molecule has 1 rings (SSSR count). The van der Waals surface area contributed by atoms with Gasteiger partial charge in [0.15, 0.2) is 0 Å². The molecule has 0 fully saturated rings. The number of hydrogen-bond donors (Lipinski definition) is 0. The minimum Gasteiger partial charge on any atom is -0.0822 e. The largest absolute Gasteiger partial charge is 0.0822 e. The Morgan fingerprint density at radius 1 is 1.58 bits per heavy atom. The van der Waals surface area contributed by atoms with Crippen LogP contribution in [0.15, 0.2) is 11.6 Å². The zero-order valence-electron chi connectivity index (χ0n) is 8.93. The zero-order chi connectivity index (χ0) is 9.14. The summed E-state index contributed by atoms with van der Waals surface area (Å²) >= 11 is 0. The van der Waals surface area contributed by atoms with E-state index in [1.807, 2.05) is 0 Å². The minimum absolute atomic E-state index is 0.860. The van der Waals surface area contributed by atoms with Crippen molar-refractivity contribution in [3.8, 4) is 0 Å². The Morgan fingerprint density at radius 3 is 2.75 bits per heavy atom. The predicted molar refractivity (Wildman–Crippen MR) is 55.1 cm³/mol. The lowest BCUT2D eigenvalue weighted by Gasteiger charge is -2.28. The molecule has 0 bridgehead atoms. The normalized spacial score (nSPS) is 32.8. The first-order chi connectivity index (χ1) is 5.63. The van der Waals surface area contributed by atoms with Gasteiger partial charge < -0.3 is 0 Å². The van der Waals surface area contributed by atoms with Crippen molar-refractivity contribution >= 4 is 0 Å². The minimum atomic E-state index is 0.860. The molecule has 0 aromatic heterocycles. The van der Waals surface area contributed by atoms with E-state index < -0.39 is 0 Å². The third-order valence-electron chi connectivity index (χ3n) is 3.22. The molecule has 70 valence electrons. The molecule has 0 saturated carbocycles. The van der Waals surface area contributed by atoms with Gasteiger partial charge in [-0.2, -0.15) is 0 Å². The van der Waals surface area contributed by atoms with Crippen molar-refractivity contribution in [2.75, 3.05) is 0 Å². The van der Waals surface area contributed by atoms with E-state index in [-0.39, 0.29) is 0 Å². The van der Waals surface area contributed by atoms with Crippen LogP contribution in [0.5, 0.6) is 0 Å². The van der Waals surface area contributed by atoms with Crippen LogP contribution in [0.4, 0.5) is 0 Å². The van der Waals surface area contributed by atoms with E-state index >= 15 is 0 Å². The quantitative estimate of drug-likeness (QED) is 0.543. The van der Waals surface area contributed by atoms with E-state index in [1.54, 1.807) is 5.57 Å². The summed E-state index contributed by atoms with van der Waals surface area (Å²) in [5, 5.41) is 0. The zero-order valence-corrected chi connectivity index (χ0v) is 8.93. The Balaban J connectivity index is 2.60. The van der Waals surface area contributed by atoms with Crippen LogP contribution in [0.25, 0.3) is 0 Å². The summed E-state index contributed by atoms with van der Waals surface area (Å²) in [5.41, 5.74) is 1.61. The van der Waals surface area contributed by atoms with Crippen LogP contribution in [-0.2, 0) is 0 Å². The Hall–Kier alpha value is -0.260. The Kier molecular flexibility index (Phi) is 3.37. The average Bonchev–Trinajstić information content (AvgIpc) is 2.01. The van der Waals surface area contributed by atoms with Crippen LogP contribution in [0.3, 0.4) is 0 Å². The Bertz CT molecular complexity index is 167. The predicted octanol–water partition coefficient (Wildman–Crippen LogP) is 4.02. The summed E-state index contributed by atoms with van der Waals surface area (Å²) in [5.74, 6) is 2.65. The molecule has 0 N–H and O–H groups in total. The molecule has 0 aliphatic heterocycles. The molecule has 0 saturated heterocycles. The first-order valence-electron chi connectivity index (χ1n) is 5.30. The van der Waals surface area contributed by atoms with Crippen LogP contribution >= 0.6 is 0 Å². The van der Waals surface area contributed by atoms with E-state index in [1.165, 1.54) is 19.3 Å². The van der Waals surface area contributed by atoms with Crippen molar-refractivity contribution in [3.63, 3.8) is 0 Å². The van der Waals surface area contributed by atoms with Crippen LogP contribution in [0, 0.1) is 17.8 Å². The van der Waals surface area contributed by atoms with Crippen LogP contribution < -0.4 is 0 Å². The van der Waals surface area contributed by atoms with Gasteiger partial charge in [0.05, 0.1) is 0 Å². The van der Waals surface area contributed by atoms with Gasteiger partial charge in [-0.15, -0.1) is 0 Å². The maximum absolute atomic E-state index is 2.51. The van der Waals surface area contributed by atoms with Gasteiger partial charge >= 0.3 is 0 Å². The second kappa shape index (κ2) is 4.11. The molecule has 0 nitrogen and oxygen atoms in total. The van der Waals surface area contributed by atoms with Gasteiger partial charge in [0.25, 0.3) is 0 Å². The summed E-state index contributed by atoms with van der Waals surface area (Å²) in [6, 6.07) is 0. The monoisotopic (exact) mass is 166 g/mol. The first-order valence-corrected chi connectivity index (χ1v) is 5.30. The van der Waals surface area contributed by atoms with Gasteiger partial charge in [0.2, 0.25) is 0 Å². The number of allylic oxidation sites excluding steroid dienone is 2. The van der Waals surface area contributed by atoms with E-state index in [2.05, 4.69) is 33.8 Å². The molecule has 0 spiro atoms. The fourth-order valence-electron chi connectivity index (χ4n) is 2.30. The summed E-state index contributed by atoms with van der Waals surface area (Å²) < 4.78 is 0. The van der Waals surface area contributed by atoms with Crippen molar-refractivity contribution in [2.24, 2.45) is 17.8 Å². The van der Waals surface area contributed by atoms with Gasteiger partial charge in [0.1, 0.15) is 0 Å². The highest BCUT2D eigenvalue weighted by Crippen LogP contribution is 2.33.